The predicted molar refractivity (Wildman–Crippen MR) is 47.5 cm³/mol. The van der Waals surface area contributed by atoms with Gasteiger partial charge in [0.25, 0.3) is 0 Å². The van der Waals surface area contributed by atoms with E-state index in [1.54, 1.807) is 0 Å². The van der Waals surface area contributed by atoms with Crippen molar-refractivity contribution in [1.29, 1.82) is 0 Å². The Morgan fingerprint density at radius 2 is 2.18 bits per heavy atom. The quantitative estimate of drug-likeness (QED) is 0.586. The van der Waals surface area contributed by atoms with Crippen molar-refractivity contribution in [1.82, 2.24) is 5.01 Å². The Morgan fingerprint density at radius 3 is 3.09 bits per heavy atom. The number of nitrogens with zero attached hydrogens (tertiary/aromatic N) is 1. The average Bonchev–Trinajstić information content (AvgIpc) is 2.38. The third-order valence-corrected chi connectivity index (χ3v) is 3.16. The molecule has 3 heteroatoms. The van der Waals surface area contributed by atoms with Crippen LogP contribution in [0.4, 0.5) is 0 Å². The van der Waals surface area contributed by atoms with E-state index in [1.165, 1.54) is 10.4 Å². The molecule has 0 bridgehead atoms. The van der Waals surface area contributed by atoms with Gasteiger partial charge in [-0.3, -0.25) is 5.84 Å². The molecule has 0 saturated carbocycles. The second kappa shape index (κ2) is 2.93. The number of nitrogens with two attached hydrogens (primary N) is 1. The number of rotatable bonds is 0. The zero-order chi connectivity index (χ0) is 7.68. The van der Waals surface area contributed by atoms with Crippen LogP contribution in [0.1, 0.15) is 10.4 Å². The summed E-state index contributed by atoms with van der Waals surface area (Å²) in [5.74, 6) is 5.71. The van der Waals surface area contributed by atoms with Crippen LogP contribution in [0.2, 0.25) is 0 Å². The lowest BCUT2D eigenvalue weighted by Gasteiger charge is -2.10. The Labute approximate surface area is 70.6 Å². The summed E-state index contributed by atoms with van der Waals surface area (Å²) in [5, 5.41) is 4.09. The molecule has 0 saturated heterocycles. The van der Waals surface area contributed by atoms with Gasteiger partial charge in [0.2, 0.25) is 0 Å². The van der Waals surface area contributed by atoms with E-state index in [0.717, 1.165) is 25.9 Å². The number of hydrogen-bond donors (Lipinski definition) is 1. The summed E-state index contributed by atoms with van der Waals surface area (Å²) in [5.41, 5.74) is 1.50. The van der Waals surface area contributed by atoms with Crippen LogP contribution in [-0.2, 0) is 12.8 Å². The number of fused-ring (bicyclic) bond motifs is 1. The van der Waals surface area contributed by atoms with E-state index in [4.69, 9.17) is 5.84 Å². The van der Waals surface area contributed by atoms with Gasteiger partial charge < -0.3 is 0 Å². The molecule has 0 spiro atoms. The summed E-state index contributed by atoms with van der Waals surface area (Å²) < 4.78 is 0. The molecule has 60 valence electrons. The molecule has 2 rings (SSSR count). The smallest absolute Gasteiger partial charge is 0.0177 e. The normalized spacial score (nSPS) is 19.4. The van der Waals surface area contributed by atoms with Gasteiger partial charge in [-0.15, -0.1) is 11.3 Å². The Balaban J connectivity index is 2.20. The fraction of sp³-hybridized carbons (Fsp3) is 0.500. The van der Waals surface area contributed by atoms with E-state index in [0.29, 0.717) is 0 Å². The minimum Gasteiger partial charge on any atom is -0.269 e. The summed E-state index contributed by atoms with van der Waals surface area (Å²) in [6.07, 6.45) is 2.25. The first-order valence-corrected chi connectivity index (χ1v) is 4.79. The van der Waals surface area contributed by atoms with E-state index in [1.807, 2.05) is 16.3 Å². The standard InChI is InChI=1S/C8H12N2S/c9-10-4-1-7-3-6-11-8(7)2-5-10/h3,6H,1-2,4-5,9H2. The minimum atomic E-state index is 1.00. The highest BCUT2D eigenvalue weighted by Gasteiger charge is 2.11. The minimum absolute atomic E-state index is 1.00. The number of thiophene rings is 1. The van der Waals surface area contributed by atoms with Crippen molar-refractivity contribution in [2.24, 2.45) is 5.84 Å². The lowest BCUT2D eigenvalue weighted by atomic mass is 10.2. The summed E-state index contributed by atoms with van der Waals surface area (Å²) in [6.45, 7) is 2.01. The first kappa shape index (κ1) is 7.28. The molecule has 0 fully saturated rings. The molecule has 1 aliphatic heterocycles. The van der Waals surface area contributed by atoms with Gasteiger partial charge in [-0.25, -0.2) is 5.01 Å². The highest BCUT2D eigenvalue weighted by molar-refractivity contribution is 7.10. The third kappa shape index (κ3) is 1.45. The lowest BCUT2D eigenvalue weighted by molar-refractivity contribution is 0.299. The van der Waals surface area contributed by atoms with Crippen molar-refractivity contribution in [3.63, 3.8) is 0 Å². The van der Waals surface area contributed by atoms with E-state index in [2.05, 4.69) is 11.4 Å². The van der Waals surface area contributed by atoms with Crippen molar-refractivity contribution in [3.05, 3.63) is 21.9 Å². The molecule has 0 aromatic carbocycles. The van der Waals surface area contributed by atoms with Crippen LogP contribution < -0.4 is 5.84 Å². The third-order valence-electron chi connectivity index (χ3n) is 2.13. The topological polar surface area (TPSA) is 29.3 Å². The van der Waals surface area contributed by atoms with Gasteiger partial charge in [-0.2, -0.15) is 0 Å². The maximum Gasteiger partial charge on any atom is 0.0177 e. The molecule has 1 aliphatic rings. The Kier molecular flexibility index (Phi) is 1.94. The number of hydrazine groups is 1. The second-order valence-electron chi connectivity index (χ2n) is 2.90. The van der Waals surface area contributed by atoms with Crippen molar-refractivity contribution in [2.75, 3.05) is 13.1 Å². The highest BCUT2D eigenvalue weighted by Crippen LogP contribution is 2.20. The summed E-state index contributed by atoms with van der Waals surface area (Å²) >= 11 is 1.86. The van der Waals surface area contributed by atoms with Crippen molar-refractivity contribution in [2.45, 2.75) is 12.8 Å². The van der Waals surface area contributed by atoms with Crippen molar-refractivity contribution in [3.8, 4) is 0 Å². The zero-order valence-electron chi connectivity index (χ0n) is 6.42. The molecule has 0 aliphatic carbocycles. The molecule has 2 heterocycles. The highest BCUT2D eigenvalue weighted by atomic mass is 32.1. The van der Waals surface area contributed by atoms with E-state index < -0.39 is 0 Å². The predicted octanol–water partition coefficient (Wildman–Crippen LogP) is 1.02. The molecule has 0 radical (unpaired) electrons. The van der Waals surface area contributed by atoms with Gasteiger partial charge in [0, 0.05) is 18.0 Å². The van der Waals surface area contributed by atoms with Crippen LogP contribution in [-0.4, -0.2) is 18.1 Å². The Morgan fingerprint density at radius 1 is 1.36 bits per heavy atom. The SMILES string of the molecule is NN1CCc2ccsc2CC1. The van der Waals surface area contributed by atoms with Crippen LogP contribution in [0.3, 0.4) is 0 Å². The summed E-state index contributed by atoms with van der Waals surface area (Å²) in [7, 11) is 0. The van der Waals surface area contributed by atoms with E-state index in [9.17, 15) is 0 Å². The first-order valence-electron chi connectivity index (χ1n) is 3.91. The van der Waals surface area contributed by atoms with Crippen molar-refractivity contribution < 1.29 is 0 Å². The maximum absolute atomic E-state index is 5.71. The molecule has 1 aromatic heterocycles. The fourth-order valence-corrected chi connectivity index (χ4v) is 2.36. The van der Waals surface area contributed by atoms with Crippen LogP contribution in [0.5, 0.6) is 0 Å². The summed E-state index contributed by atoms with van der Waals surface area (Å²) in [4.78, 5) is 1.53. The fourth-order valence-electron chi connectivity index (χ4n) is 1.43. The van der Waals surface area contributed by atoms with Gasteiger partial charge in [-0.05, 0) is 29.9 Å². The average molecular weight is 168 g/mol. The van der Waals surface area contributed by atoms with Gasteiger partial charge in [0.15, 0.2) is 0 Å². The molecular weight excluding hydrogens is 156 g/mol. The second-order valence-corrected chi connectivity index (χ2v) is 3.91. The van der Waals surface area contributed by atoms with Crippen LogP contribution >= 0.6 is 11.3 Å². The van der Waals surface area contributed by atoms with Crippen LogP contribution in [0, 0.1) is 0 Å². The molecular formula is C8H12N2S. The van der Waals surface area contributed by atoms with Gasteiger partial charge in [0.1, 0.15) is 0 Å². The van der Waals surface area contributed by atoms with Gasteiger partial charge in [-0.1, -0.05) is 0 Å². The Hall–Kier alpha value is -0.380. The molecule has 0 unspecified atom stereocenters. The van der Waals surface area contributed by atoms with Crippen LogP contribution in [0.25, 0.3) is 0 Å². The molecule has 1 aromatic rings. The number of hydrogen-bond acceptors (Lipinski definition) is 3. The van der Waals surface area contributed by atoms with Crippen LogP contribution in [0.15, 0.2) is 11.4 Å². The van der Waals surface area contributed by atoms with Gasteiger partial charge in [0.05, 0.1) is 0 Å². The van der Waals surface area contributed by atoms with Crippen molar-refractivity contribution >= 4 is 11.3 Å². The van der Waals surface area contributed by atoms with E-state index >= 15 is 0 Å². The van der Waals surface area contributed by atoms with E-state index in [-0.39, 0.29) is 0 Å². The monoisotopic (exact) mass is 168 g/mol. The summed E-state index contributed by atoms with van der Waals surface area (Å²) in [6, 6.07) is 2.22. The zero-order valence-corrected chi connectivity index (χ0v) is 7.23. The molecule has 2 nitrogen and oxygen atoms in total. The lowest BCUT2D eigenvalue weighted by Crippen LogP contribution is -2.33. The molecule has 11 heavy (non-hydrogen) atoms. The van der Waals surface area contributed by atoms with Gasteiger partial charge >= 0.3 is 0 Å². The largest absolute Gasteiger partial charge is 0.269 e. The maximum atomic E-state index is 5.71. The molecule has 0 amide bonds. The molecule has 0 atom stereocenters. The first-order chi connectivity index (χ1) is 5.36. The molecule has 2 N–H and O–H groups in total. The Bertz CT molecular complexity index is 221.